The Kier molecular flexibility index (Phi) is 8.26. The van der Waals surface area contributed by atoms with Gasteiger partial charge in [0.2, 0.25) is 0 Å². The molecule has 1 aromatic heterocycles. The van der Waals surface area contributed by atoms with Gasteiger partial charge in [-0.1, -0.05) is 19.3 Å². The van der Waals surface area contributed by atoms with E-state index in [0.717, 1.165) is 25.5 Å². The Hall–Kier alpha value is -0.570. The maximum Gasteiger partial charge on any atom is 0.193 e. The number of aromatic nitrogens is 1. The van der Waals surface area contributed by atoms with Gasteiger partial charge < -0.3 is 15.1 Å². The lowest BCUT2D eigenvalue weighted by molar-refractivity contribution is 0.203. The first-order valence-electron chi connectivity index (χ1n) is 11.0. The van der Waals surface area contributed by atoms with Crippen LogP contribution in [0.1, 0.15) is 64.0 Å². The van der Waals surface area contributed by atoms with Crippen molar-refractivity contribution in [2.75, 3.05) is 44.2 Å². The molecular weight excluding hydrogens is 481 g/mol. The molecule has 1 saturated carbocycles. The van der Waals surface area contributed by atoms with Gasteiger partial charge in [0.25, 0.3) is 0 Å². The van der Waals surface area contributed by atoms with E-state index in [1.54, 1.807) is 11.3 Å². The van der Waals surface area contributed by atoms with E-state index in [4.69, 9.17) is 9.98 Å². The van der Waals surface area contributed by atoms with Gasteiger partial charge in [0.1, 0.15) is 0 Å². The molecular formula is C21H36IN5S. The van der Waals surface area contributed by atoms with E-state index in [1.165, 1.54) is 88.4 Å². The van der Waals surface area contributed by atoms with E-state index in [1.807, 2.05) is 0 Å². The molecule has 3 aliphatic rings. The highest BCUT2D eigenvalue weighted by molar-refractivity contribution is 14.0. The minimum Gasteiger partial charge on any atom is -0.357 e. The fourth-order valence-corrected chi connectivity index (χ4v) is 5.91. The number of aliphatic imine (C=N–C) groups is 1. The van der Waals surface area contributed by atoms with Gasteiger partial charge in [-0.3, -0.25) is 4.99 Å². The summed E-state index contributed by atoms with van der Waals surface area (Å²) in [4.78, 5) is 14.7. The van der Waals surface area contributed by atoms with Gasteiger partial charge in [0, 0.05) is 51.1 Å². The second kappa shape index (κ2) is 10.5. The predicted octanol–water partition coefficient (Wildman–Crippen LogP) is 4.53. The van der Waals surface area contributed by atoms with Crippen LogP contribution in [0.2, 0.25) is 0 Å². The number of nitrogens with one attached hydrogen (secondary N) is 1. The molecule has 0 aromatic carbocycles. The number of guanidine groups is 1. The van der Waals surface area contributed by atoms with Gasteiger partial charge in [-0.15, -0.1) is 35.3 Å². The van der Waals surface area contributed by atoms with Crippen LogP contribution in [0.4, 0.5) is 5.13 Å². The summed E-state index contributed by atoms with van der Waals surface area (Å²) in [7, 11) is 0. The lowest BCUT2D eigenvalue weighted by atomic mass is 9.73. The van der Waals surface area contributed by atoms with Gasteiger partial charge in [-0.25, -0.2) is 4.98 Å². The average Bonchev–Trinajstić information content (AvgIpc) is 3.43. The Bertz CT molecular complexity index is 634. The van der Waals surface area contributed by atoms with Crippen LogP contribution in [-0.4, -0.2) is 55.1 Å². The van der Waals surface area contributed by atoms with E-state index in [9.17, 15) is 0 Å². The molecule has 1 spiro atoms. The minimum absolute atomic E-state index is 0. The van der Waals surface area contributed by atoms with Crippen molar-refractivity contribution in [2.24, 2.45) is 10.4 Å². The van der Waals surface area contributed by atoms with Crippen LogP contribution in [-0.2, 0) is 6.42 Å². The third kappa shape index (κ3) is 5.32. The maximum atomic E-state index is 4.96. The highest BCUT2D eigenvalue weighted by Crippen LogP contribution is 2.43. The quantitative estimate of drug-likeness (QED) is 0.354. The number of thiazole rings is 1. The number of hydrogen-bond acceptors (Lipinski definition) is 4. The van der Waals surface area contributed by atoms with E-state index >= 15 is 0 Å². The number of anilines is 1. The molecule has 0 atom stereocenters. The van der Waals surface area contributed by atoms with E-state index in [-0.39, 0.29) is 24.0 Å². The third-order valence-corrected chi connectivity index (χ3v) is 7.48. The largest absolute Gasteiger partial charge is 0.357 e. The standard InChI is InChI=1S/C21H35N5S.HI/c1-2-22-19(26-15-11-21(17-26)9-4-3-5-10-21)23-12-8-18-16-27-20(24-18)25-13-6-7-14-25;/h16H,2-15,17H2,1H3,(H,22,23);1H. The zero-order valence-electron chi connectivity index (χ0n) is 17.3. The Morgan fingerprint density at radius 2 is 1.93 bits per heavy atom. The first-order chi connectivity index (χ1) is 13.3. The molecule has 3 heterocycles. The fourth-order valence-electron chi connectivity index (χ4n) is 4.99. The minimum atomic E-state index is 0. The zero-order chi connectivity index (χ0) is 18.5. The lowest BCUT2D eigenvalue weighted by Crippen LogP contribution is -2.41. The van der Waals surface area contributed by atoms with Crippen LogP contribution in [0.25, 0.3) is 0 Å². The summed E-state index contributed by atoms with van der Waals surface area (Å²) in [6.07, 6.45) is 12.0. The molecule has 5 nitrogen and oxygen atoms in total. The molecule has 0 unspecified atom stereocenters. The molecule has 158 valence electrons. The van der Waals surface area contributed by atoms with Crippen molar-refractivity contribution in [3.63, 3.8) is 0 Å². The molecule has 1 N–H and O–H groups in total. The van der Waals surface area contributed by atoms with Crippen molar-refractivity contribution >= 4 is 46.4 Å². The van der Waals surface area contributed by atoms with Crippen molar-refractivity contribution in [1.82, 2.24) is 15.2 Å². The van der Waals surface area contributed by atoms with Gasteiger partial charge in [0.05, 0.1) is 5.69 Å². The summed E-state index contributed by atoms with van der Waals surface area (Å²) in [5.74, 6) is 1.12. The second-order valence-electron chi connectivity index (χ2n) is 8.53. The molecule has 0 radical (unpaired) electrons. The normalized spacial score (nSPS) is 22.0. The molecule has 2 saturated heterocycles. The third-order valence-electron chi connectivity index (χ3n) is 6.53. The van der Waals surface area contributed by atoms with Crippen LogP contribution in [0.15, 0.2) is 10.4 Å². The fraction of sp³-hybridized carbons (Fsp3) is 0.810. The Labute approximate surface area is 191 Å². The molecule has 4 rings (SSSR count). The van der Waals surface area contributed by atoms with Crippen LogP contribution in [0, 0.1) is 5.41 Å². The predicted molar refractivity (Wildman–Crippen MR) is 130 cm³/mol. The van der Waals surface area contributed by atoms with Crippen LogP contribution in [0.5, 0.6) is 0 Å². The number of halogens is 1. The average molecular weight is 518 g/mol. The molecule has 28 heavy (non-hydrogen) atoms. The maximum absolute atomic E-state index is 4.96. The smallest absolute Gasteiger partial charge is 0.193 e. The van der Waals surface area contributed by atoms with E-state index < -0.39 is 0 Å². The SMILES string of the molecule is CCNC(=NCCc1csc(N2CCCC2)n1)N1CCC2(CCCCC2)C1.I. The number of hydrogen-bond donors (Lipinski definition) is 1. The summed E-state index contributed by atoms with van der Waals surface area (Å²) in [5, 5.41) is 6.96. The summed E-state index contributed by atoms with van der Waals surface area (Å²) < 4.78 is 0. The number of likely N-dealkylation sites (tertiary alicyclic amines) is 1. The van der Waals surface area contributed by atoms with E-state index in [0.29, 0.717) is 5.41 Å². The van der Waals surface area contributed by atoms with Crippen molar-refractivity contribution in [3.8, 4) is 0 Å². The topological polar surface area (TPSA) is 43.8 Å². The van der Waals surface area contributed by atoms with Gasteiger partial charge in [0.15, 0.2) is 11.1 Å². The first-order valence-corrected chi connectivity index (χ1v) is 11.9. The van der Waals surface area contributed by atoms with Crippen LogP contribution >= 0.6 is 35.3 Å². The highest BCUT2D eigenvalue weighted by Gasteiger charge is 2.39. The van der Waals surface area contributed by atoms with E-state index in [2.05, 4.69) is 27.4 Å². The Balaban J connectivity index is 0.00000225. The molecule has 1 aromatic rings. The van der Waals surface area contributed by atoms with Crippen LogP contribution in [0.3, 0.4) is 0 Å². The Morgan fingerprint density at radius 1 is 1.14 bits per heavy atom. The molecule has 0 bridgehead atoms. The van der Waals surface area contributed by atoms with Gasteiger partial charge in [-0.05, 0) is 44.4 Å². The Morgan fingerprint density at radius 3 is 2.68 bits per heavy atom. The summed E-state index contributed by atoms with van der Waals surface area (Å²) in [5.41, 5.74) is 1.78. The molecule has 1 aliphatic carbocycles. The first kappa shape index (κ1) is 22.1. The van der Waals surface area contributed by atoms with Crippen molar-refractivity contribution in [3.05, 3.63) is 11.1 Å². The summed E-state index contributed by atoms with van der Waals surface area (Å²) >= 11 is 1.80. The van der Waals surface area contributed by atoms with Crippen LogP contribution < -0.4 is 10.2 Å². The van der Waals surface area contributed by atoms with Crippen molar-refractivity contribution in [2.45, 2.75) is 64.7 Å². The van der Waals surface area contributed by atoms with Gasteiger partial charge in [-0.2, -0.15) is 0 Å². The summed E-state index contributed by atoms with van der Waals surface area (Å²) in [6.45, 7) is 8.66. The second-order valence-corrected chi connectivity index (χ2v) is 9.37. The molecule has 2 aliphatic heterocycles. The highest BCUT2D eigenvalue weighted by atomic mass is 127. The molecule has 0 amide bonds. The monoisotopic (exact) mass is 517 g/mol. The van der Waals surface area contributed by atoms with Gasteiger partial charge >= 0.3 is 0 Å². The number of nitrogens with zero attached hydrogens (tertiary/aromatic N) is 4. The lowest BCUT2D eigenvalue weighted by Gasteiger charge is -2.33. The summed E-state index contributed by atoms with van der Waals surface area (Å²) in [6, 6.07) is 0. The number of rotatable bonds is 5. The zero-order valence-corrected chi connectivity index (χ0v) is 20.4. The van der Waals surface area contributed by atoms with Crippen molar-refractivity contribution in [1.29, 1.82) is 0 Å². The molecule has 7 heteroatoms. The molecule has 3 fully saturated rings. The van der Waals surface area contributed by atoms with Crippen molar-refractivity contribution < 1.29 is 0 Å².